The predicted octanol–water partition coefficient (Wildman–Crippen LogP) is 3.15. The highest BCUT2D eigenvalue weighted by molar-refractivity contribution is 9.10. The lowest BCUT2D eigenvalue weighted by Gasteiger charge is -2.13. The van der Waals surface area contributed by atoms with Crippen LogP contribution >= 0.6 is 15.9 Å². The van der Waals surface area contributed by atoms with Crippen molar-refractivity contribution in [3.63, 3.8) is 0 Å². The molecule has 0 aliphatic carbocycles. The molecule has 0 radical (unpaired) electrons. The fourth-order valence-electron chi connectivity index (χ4n) is 2.06. The average molecular weight is 342 g/mol. The van der Waals surface area contributed by atoms with Gasteiger partial charge in [-0.05, 0) is 53.4 Å². The zero-order valence-corrected chi connectivity index (χ0v) is 13.2. The van der Waals surface area contributed by atoms with E-state index in [1.807, 2.05) is 13.0 Å². The van der Waals surface area contributed by atoms with Gasteiger partial charge in [-0.25, -0.2) is 0 Å². The topological polar surface area (TPSA) is 47.6 Å². The van der Waals surface area contributed by atoms with Gasteiger partial charge in [-0.1, -0.05) is 6.92 Å². The molecule has 1 heterocycles. The number of ether oxygens (including phenoxy) is 2. The number of halogens is 1. The van der Waals surface area contributed by atoms with Crippen LogP contribution in [0.3, 0.4) is 0 Å². The van der Waals surface area contributed by atoms with E-state index in [2.05, 4.69) is 21.2 Å². The molecular weight excluding hydrogens is 322 g/mol. The van der Waals surface area contributed by atoms with Gasteiger partial charge in [0.25, 0.3) is 5.91 Å². The van der Waals surface area contributed by atoms with E-state index in [0.717, 1.165) is 36.1 Å². The second kappa shape index (κ2) is 7.64. The Hall–Kier alpha value is -1.07. The smallest absolute Gasteiger partial charge is 0.251 e. The van der Waals surface area contributed by atoms with Gasteiger partial charge in [-0.15, -0.1) is 0 Å². The van der Waals surface area contributed by atoms with Gasteiger partial charge in [0, 0.05) is 18.7 Å². The maximum absolute atomic E-state index is 11.8. The van der Waals surface area contributed by atoms with E-state index < -0.39 is 0 Å². The van der Waals surface area contributed by atoms with Crippen LogP contribution in [0.25, 0.3) is 0 Å². The van der Waals surface area contributed by atoms with Gasteiger partial charge in [0.15, 0.2) is 0 Å². The third-order valence-corrected chi connectivity index (χ3v) is 3.80. The molecule has 1 aliphatic heterocycles. The average Bonchev–Trinajstić information content (AvgIpc) is 2.96. The number of hydrogen-bond acceptors (Lipinski definition) is 3. The maximum Gasteiger partial charge on any atom is 0.251 e. The highest BCUT2D eigenvalue weighted by Gasteiger charge is 2.17. The van der Waals surface area contributed by atoms with Crippen molar-refractivity contribution in [2.24, 2.45) is 0 Å². The fourth-order valence-corrected chi connectivity index (χ4v) is 2.55. The minimum absolute atomic E-state index is 0.0572. The third kappa shape index (κ3) is 4.21. The zero-order chi connectivity index (χ0) is 14.4. The van der Waals surface area contributed by atoms with Crippen molar-refractivity contribution in [1.82, 2.24) is 5.32 Å². The van der Waals surface area contributed by atoms with Crippen molar-refractivity contribution in [2.45, 2.75) is 32.3 Å². The van der Waals surface area contributed by atoms with E-state index in [9.17, 15) is 4.79 Å². The largest absolute Gasteiger partial charge is 0.490 e. The Morgan fingerprint density at radius 1 is 1.55 bits per heavy atom. The molecule has 0 aromatic heterocycles. The van der Waals surface area contributed by atoms with E-state index in [1.165, 1.54) is 0 Å². The van der Waals surface area contributed by atoms with E-state index in [4.69, 9.17) is 9.47 Å². The monoisotopic (exact) mass is 341 g/mol. The molecule has 1 aromatic rings. The SMILES string of the molecule is CCCNC(=O)c1ccc(OCC2CCCO2)c(Br)c1. The molecule has 110 valence electrons. The second-order valence-electron chi connectivity index (χ2n) is 4.85. The number of carbonyl (C=O) groups is 1. The number of carbonyl (C=O) groups excluding carboxylic acids is 1. The van der Waals surface area contributed by atoms with Gasteiger partial charge < -0.3 is 14.8 Å². The number of rotatable bonds is 6. The normalized spacial score (nSPS) is 18.0. The summed E-state index contributed by atoms with van der Waals surface area (Å²) in [5, 5.41) is 2.85. The highest BCUT2D eigenvalue weighted by Crippen LogP contribution is 2.27. The van der Waals surface area contributed by atoms with Gasteiger partial charge in [0.05, 0.1) is 10.6 Å². The van der Waals surface area contributed by atoms with Crippen molar-refractivity contribution in [3.8, 4) is 5.75 Å². The molecular formula is C15H20BrNO3. The van der Waals surface area contributed by atoms with E-state index in [0.29, 0.717) is 18.7 Å². The summed E-state index contributed by atoms with van der Waals surface area (Å²) in [4.78, 5) is 11.8. The van der Waals surface area contributed by atoms with Gasteiger partial charge in [0.1, 0.15) is 12.4 Å². The quantitative estimate of drug-likeness (QED) is 0.864. The molecule has 1 amide bonds. The molecule has 5 heteroatoms. The van der Waals surface area contributed by atoms with Crippen LogP contribution in [0.15, 0.2) is 22.7 Å². The summed E-state index contributed by atoms with van der Waals surface area (Å²) < 4.78 is 12.0. The molecule has 2 rings (SSSR count). The van der Waals surface area contributed by atoms with Crippen molar-refractivity contribution in [2.75, 3.05) is 19.8 Å². The van der Waals surface area contributed by atoms with E-state index >= 15 is 0 Å². The van der Waals surface area contributed by atoms with Crippen LogP contribution in [0.2, 0.25) is 0 Å². The van der Waals surface area contributed by atoms with Gasteiger partial charge in [0.2, 0.25) is 0 Å². The first kappa shape index (κ1) is 15.3. The molecule has 1 N–H and O–H groups in total. The lowest BCUT2D eigenvalue weighted by atomic mass is 10.2. The van der Waals surface area contributed by atoms with E-state index in [1.54, 1.807) is 12.1 Å². The van der Waals surface area contributed by atoms with Crippen LogP contribution in [-0.2, 0) is 4.74 Å². The summed E-state index contributed by atoms with van der Waals surface area (Å²) in [5.41, 5.74) is 0.634. The molecule has 4 nitrogen and oxygen atoms in total. The number of hydrogen-bond donors (Lipinski definition) is 1. The van der Waals surface area contributed by atoms with Crippen molar-refractivity contribution < 1.29 is 14.3 Å². The molecule has 1 unspecified atom stereocenters. The fraction of sp³-hybridized carbons (Fsp3) is 0.533. The van der Waals surface area contributed by atoms with Crippen molar-refractivity contribution >= 4 is 21.8 Å². The molecule has 1 aromatic carbocycles. The molecule has 1 aliphatic rings. The summed E-state index contributed by atoms with van der Waals surface area (Å²) in [7, 11) is 0. The number of nitrogens with one attached hydrogen (secondary N) is 1. The highest BCUT2D eigenvalue weighted by atomic mass is 79.9. The van der Waals surface area contributed by atoms with Crippen molar-refractivity contribution in [3.05, 3.63) is 28.2 Å². The first-order chi connectivity index (χ1) is 9.70. The van der Waals surface area contributed by atoms with E-state index in [-0.39, 0.29) is 12.0 Å². The molecule has 0 spiro atoms. The van der Waals surface area contributed by atoms with Gasteiger partial charge >= 0.3 is 0 Å². The first-order valence-corrected chi connectivity index (χ1v) is 7.82. The number of amides is 1. The lowest BCUT2D eigenvalue weighted by molar-refractivity contribution is 0.0677. The Labute approximate surface area is 128 Å². The molecule has 1 atom stereocenters. The number of benzene rings is 1. The van der Waals surface area contributed by atoms with Gasteiger partial charge in [-0.3, -0.25) is 4.79 Å². The van der Waals surface area contributed by atoms with Crippen LogP contribution in [0, 0.1) is 0 Å². The predicted molar refractivity (Wildman–Crippen MR) is 81.2 cm³/mol. The van der Waals surface area contributed by atoms with Crippen molar-refractivity contribution in [1.29, 1.82) is 0 Å². The first-order valence-electron chi connectivity index (χ1n) is 7.03. The molecule has 20 heavy (non-hydrogen) atoms. The van der Waals surface area contributed by atoms with Crippen LogP contribution in [0.1, 0.15) is 36.5 Å². The third-order valence-electron chi connectivity index (χ3n) is 3.18. The molecule has 0 saturated carbocycles. The minimum atomic E-state index is -0.0572. The summed E-state index contributed by atoms with van der Waals surface area (Å²) >= 11 is 3.45. The molecule has 1 saturated heterocycles. The lowest BCUT2D eigenvalue weighted by Crippen LogP contribution is -2.24. The summed E-state index contributed by atoms with van der Waals surface area (Å²) in [6.45, 7) is 4.09. The summed E-state index contributed by atoms with van der Waals surface area (Å²) in [6.07, 6.45) is 3.27. The Morgan fingerprint density at radius 3 is 3.05 bits per heavy atom. The standard InChI is InChI=1S/C15H20BrNO3/c1-2-7-17-15(18)11-5-6-14(13(16)9-11)20-10-12-4-3-8-19-12/h5-6,9,12H,2-4,7-8,10H2,1H3,(H,17,18). The summed E-state index contributed by atoms with van der Waals surface area (Å²) in [6, 6.07) is 5.39. The Kier molecular flexibility index (Phi) is 5.86. The van der Waals surface area contributed by atoms with Crippen LogP contribution < -0.4 is 10.1 Å². The second-order valence-corrected chi connectivity index (χ2v) is 5.70. The summed E-state index contributed by atoms with van der Waals surface area (Å²) in [5.74, 6) is 0.686. The molecule has 1 fully saturated rings. The van der Waals surface area contributed by atoms with Gasteiger partial charge in [-0.2, -0.15) is 0 Å². The zero-order valence-electron chi connectivity index (χ0n) is 11.7. The molecule has 0 bridgehead atoms. The van der Waals surface area contributed by atoms with Crippen LogP contribution in [0.5, 0.6) is 5.75 Å². The van der Waals surface area contributed by atoms with Crippen LogP contribution in [-0.4, -0.2) is 31.8 Å². The van der Waals surface area contributed by atoms with Crippen LogP contribution in [0.4, 0.5) is 0 Å². The Balaban J connectivity index is 1.92. The Bertz CT molecular complexity index is 458. The minimum Gasteiger partial charge on any atom is -0.490 e. The Morgan fingerprint density at radius 2 is 2.40 bits per heavy atom. The maximum atomic E-state index is 11.8.